The van der Waals surface area contributed by atoms with Gasteiger partial charge in [0.1, 0.15) is 5.82 Å². The van der Waals surface area contributed by atoms with Gasteiger partial charge < -0.3 is 15.5 Å². The highest BCUT2D eigenvalue weighted by atomic mass is 16.2. The third-order valence-electron chi connectivity index (χ3n) is 3.66. The zero-order valence-electron chi connectivity index (χ0n) is 10.2. The number of rotatable bonds is 2. The molecule has 6 nitrogen and oxygen atoms in total. The van der Waals surface area contributed by atoms with Crippen LogP contribution in [0.4, 0.5) is 5.82 Å². The molecule has 1 saturated heterocycles. The summed E-state index contributed by atoms with van der Waals surface area (Å²) in [6.07, 6.45) is 6.76. The van der Waals surface area contributed by atoms with Crippen molar-refractivity contribution in [2.75, 3.05) is 31.1 Å². The number of anilines is 1. The summed E-state index contributed by atoms with van der Waals surface area (Å²) in [5, 5.41) is 0. The molecule has 6 heteroatoms. The highest BCUT2D eigenvalue weighted by Gasteiger charge is 2.48. The van der Waals surface area contributed by atoms with E-state index in [1.807, 2.05) is 4.90 Å². The Morgan fingerprint density at radius 1 is 1.22 bits per heavy atom. The van der Waals surface area contributed by atoms with Gasteiger partial charge in [-0.1, -0.05) is 0 Å². The summed E-state index contributed by atoms with van der Waals surface area (Å²) < 4.78 is 0. The van der Waals surface area contributed by atoms with Gasteiger partial charge in [0.25, 0.3) is 0 Å². The number of amides is 1. The Bertz CT molecular complexity index is 437. The van der Waals surface area contributed by atoms with Crippen LogP contribution in [0.15, 0.2) is 18.6 Å². The SMILES string of the molecule is NC1(C(=O)N2CCN(c3cnccn3)CC2)CC1. The van der Waals surface area contributed by atoms with E-state index in [1.54, 1.807) is 18.6 Å². The summed E-state index contributed by atoms with van der Waals surface area (Å²) in [4.78, 5) is 24.4. The van der Waals surface area contributed by atoms with Crippen molar-refractivity contribution in [1.29, 1.82) is 0 Å². The average Bonchev–Trinajstić information content (AvgIpc) is 3.18. The summed E-state index contributed by atoms with van der Waals surface area (Å²) in [6, 6.07) is 0. The number of carbonyl (C=O) groups excluding carboxylic acids is 1. The molecule has 0 bridgehead atoms. The first-order valence-electron chi connectivity index (χ1n) is 6.28. The molecule has 1 aromatic rings. The van der Waals surface area contributed by atoms with E-state index in [0.29, 0.717) is 13.1 Å². The fourth-order valence-electron chi connectivity index (χ4n) is 2.26. The van der Waals surface area contributed by atoms with Crippen molar-refractivity contribution in [1.82, 2.24) is 14.9 Å². The topological polar surface area (TPSA) is 75.4 Å². The third-order valence-corrected chi connectivity index (χ3v) is 3.66. The normalized spacial score (nSPS) is 21.8. The Balaban J connectivity index is 1.60. The van der Waals surface area contributed by atoms with Gasteiger partial charge in [-0.3, -0.25) is 9.78 Å². The van der Waals surface area contributed by atoms with Crippen LogP contribution in [-0.2, 0) is 4.79 Å². The molecule has 3 rings (SSSR count). The number of carbonyl (C=O) groups is 1. The smallest absolute Gasteiger partial charge is 0.242 e. The second-order valence-corrected chi connectivity index (χ2v) is 5.00. The monoisotopic (exact) mass is 247 g/mol. The molecule has 2 aliphatic rings. The van der Waals surface area contributed by atoms with Gasteiger partial charge >= 0.3 is 0 Å². The van der Waals surface area contributed by atoms with Gasteiger partial charge in [-0.2, -0.15) is 0 Å². The second kappa shape index (κ2) is 4.20. The van der Waals surface area contributed by atoms with E-state index < -0.39 is 5.54 Å². The summed E-state index contributed by atoms with van der Waals surface area (Å²) in [7, 11) is 0. The molecule has 96 valence electrons. The van der Waals surface area contributed by atoms with Crippen molar-refractivity contribution in [2.24, 2.45) is 5.73 Å². The summed E-state index contributed by atoms with van der Waals surface area (Å²) in [6.45, 7) is 3.02. The zero-order valence-corrected chi connectivity index (χ0v) is 10.2. The molecule has 18 heavy (non-hydrogen) atoms. The molecule has 0 aromatic carbocycles. The van der Waals surface area contributed by atoms with E-state index in [4.69, 9.17) is 5.73 Å². The zero-order chi connectivity index (χ0) is 12.6. The maximum absolute atomic E-state index is 12.1. The number of hydrogen-bond donors (Lipinski definition) is 1. The molecular formula is C12H17N5O. The molecule has 0 atom stereocenters. The molecular weight excluding hydrogens is 230 g/mol. The predicted molar refractivity (Wildman–Crippen MR) is 67.0 cm³/mol. The predicted octanol–water partition coefficient (Wildman–Crippen LogP) is -0.384. The third kappa shape index (κ3) is 2.03. The highest BCUT2D eigenvalue weighted by Crippen LogP contribution is 2.34. The van der Waals surface area contributed by atoms with Crippen LogP contribution in [0.1, 0.15) is 12.8 Å². The first-order chi connectivity index (χ1) is 8.69. The maximum Gasteiger partial charge on any atom is 0.242 e. The number of aromatic nitrogens is 2. The van der Waals surface area contributed by atoms with Crippen LogP contribution in [0.25, 0.3) is 0 Å². The van der Waals surface area contributed by atoms with Gasteiger partial charge in [0.05, 0.1) is 11.7 Å². The Hall–Kier alpha value is -1.69. The van der Waals surface area contributed by atoms with Crippen molar-refractivity contribution < 1.29 is 4.79 Å². The largest absolute Gasteiger partial charge is 0.352 e. The van der Waals surface area contributed by atoms with Crippen LogP contribution in [0.2, 0.25) is 0 Å². The summed E-state index contributed by atoms with van der Waals surface area (Å²) in [5.74, 6) is 0.986. The van der Waals surface area contributed by atoms with Crippen molar-refractivity contribution in [3.8, 4) is 0 Å². The molecule has 2 heterocycles. The highest BCUT2D eigenvalue weighted by molar-refractivity contribution is 5.89. The van der Waals surface area contributed by atoms with Gasteiger partial charge in [0.2, 0.25) is 5.91 Å². The molecule has 1 aliphatic carbocycles. The number of nitrogens with two attached hydrogens (primary N) is 1. The Labute approximate surface area is 106 Å². The fraction of sp³-hybridized carbons (Fsp3) is 0.583. The number of piperazine rings is 1. The minimum atomic E-state index is -0.547. The average molecular weight is 247 g/mol. The molecule has 0 spiro atoms. The first kappa shape index (κ1) is 11.4. The summed E-state index contributed by atoms with van der Waals surface area (Å²) >= 11 is 0. The lowest BCUT2D eigenvalue weighted by Gasteiger charge is -2.36. The summed E-state index contributed by atoms with van der Waals surface area (Å²) in [5.41, 5.74) is 5.39. The van der Waals surface area contributed by atoms with Crippen LogP contribution >= 0.6 is 0 Å². The van der Waals surface area contributed by atoms with Crippen LogP contribution in [0, 0.1) is 0 Å². The van der Waals surface area contributed by atoms with E-state index in [9.17, 15) is 4.79 Å². The molecule has 1 aromatic heterocycles. The molecule has 0 radical (unpaired) electrons. The molecule has 1 aliphatic heterocycles. The Kier molecular flexibility index (Phi) is 2.66. The van der Waals surface area contributed by atoms with Gasteiger partial charge in [0.15, 0.2) is 0 Å². The van der Waals surface area contributed by atoms with Crippen LogP contribution in [0.3, 0.4) is 0 Å². The van der Waals surface area contributed by atoms with Gasteiger partial charge in [-0.05, 0) is 12.8 Å². The van der Waals surface area contributed by atoms with Crippen molar-refractivity contribution in [2.45, 2.75) is 18.4 Å². The van der Waals surface area contributed by atoms with E-state index in [0.717, 1.165) is 31.7 Å². The Morgan fingerprint density at radius 3 is 2.50 bits per heavy atom. The second-order valence-electron chi connectivity index (χ2n) is 5.00. The maximum atomic E-state index is 12.1. The minimum absolute atomic E-state index is 0.112. The lowest BCUT2D eigenvalue weighted by molar-refractivity contribution is -0.133. The van der Waals surface area contributed by atoms with E-state index in [1.165, 1.54) is 0 Å². The molecule has 2 fully saturated rings. The molecule has 0 unspecified atom stereocenters. The van der Waals surface area contributed by atoms with Gasteiger partial charge in [-0.25, -0.2) is 4.98 Å². The van der Waals surface area contributed by atoms with E-state index >= 15 is 0 Å². The van der Waals surface area contributed by atoms with Crippen LogP contribution < -0.4 is 10.6 Å². The molecule has 1 saturated carbocycles. The lowest BCUT2D eigenvalue weighted by atomic mass is 10.2. The van der Waals surface area contributed by atoms with Gasteiger partial charge in [-0.15, -0.1) is 0 Å². The van der Waals surface area contributed by atoms with Crippen LogP contribution in [0.5, 0.6) is 0 Å². The Morgan fingerprint density at radius 2 is 1.94 bits per heavy atom. The van der Waals surface area contributed by atoms with Crippen molar-refractivity contribution in [3.05, 3.63) is 18.6 Å². The van der Waals surface area contributed by atoms with Crippen molar-refractivity contribution >= 4 is 11.7 Å². The van der Waals surface area contributed by atoms with Crippen LogP contribution in [-0.4, -0.2) is 52.5 Å². The van der Waals surface area contributed by atoms with Gasteiger partial charge in [0, 0.05) is 38.6 Å². The van der Waals surface area contributed by atoms with E-state index in [-0.39, 0.29) is 5.91 Å². The van der Waals surface area contributed by atoms with Crippen molar-refractivity contribution in [3.63, 3.8) is 0 Å². The van der Waals surface area contributed by atoms with E-state index in [2.05, 4.69) is 14.9 Å². The minimum Gasteiger partial charge on any atom is -0.352 e. The standard InChI is InChI=1S/C12H17N5O/c13-12(1-2-12)11(18)17-7-5-16(6-8-17)10-9-14-3-4-15-10/h3-4,9H,1-2,5-8,13H2. The molecule has 2 N–H and O–H groups in total. The number of hydrogen-bond acceptors (Lipinski definition) is 5. The molecule has 1 amide bonds. The lowest BCUT2D eigenvalue weighted by Crippen LogP contribution is -2.54. The quantitative estimate of drug-likeness (QED) is 0.771. The first-order valence-corrected chi connectivity index (χ1v) is 6.28. The fourth-order valence-corrected chi connectivity index (χ4v) is 2.26. The number of nitrogens with zero attached hydrogens (tertiary/aromatic N) is 4.